The second-order valence-electron chi connectivity index (χ2n) is 4.84. The maximum Gasteiger partial charge on any atom is 0.0625 e. The van der Waals surface area contributed by atoms with Gasteiger partial charge in [-0.3, -0.25) is 4.98 Å². The van der Waals surface area contributed by atoms with Crippen LogP contribution in [0.2, 0.25) is 0 Å². The first-order valence-corrected chi connectivity index (χ1v) is 7.24. The Morgan fingerprint density at radius 3 is 2.65 bits per heavy atom. The average Bonchev–Trinajstić information content (AvgIpc) is 2.48. The van der Waals surface area contributed by atoms with Crippen LogP contribution in [0, 0.1) is 11.3 Å². The van der Waals surface area contributed by atoms with Crippen LogP contribution in [0.5, 0.6) is 0 Å². The summed E-state index contributed by atoms with van der Waals surface area (Å²) in [7, 11) is 0. The van der Waals surface area contributed by atoms with E-state index in [0.29, 0.717) is 6.42 Å². The number of aromatic nitrogens is 1. The molecule has 0 atom stereocenters. The monoisotopic (exact) mass is 264 g/mol. The third-order valence-electron chi connectivity index (χ3n) is 3.43. The molecule has 2 aromatic rings. The maximum atomic E-state index is 8.86. The summed E-state index contributed by atoms with van der Waals surface area (Å²) in [6, 6.07) is 6.51. The van der Waals surface area contributed by atoms with E-state index in [1.165, 1.54) is 26.8 Å². The van der Waals surface area contributed by atoms with Gasteiger partial charge in [0.25, 0.3) is 0 Å². The standard InChI is InChI=1S/C18H20N2/c1-3-6-16-14(8-5-10-19)12-15-9-11-20-13-18(15)17(16)7-4-2/h6-7,9,11-13H,3-5,8H2,1-2H3/b16-6-,17-7+. The van der Waals surface area contributed by atoms with E-state index < -0.39 is 0 Å². The largest absolute Gasteiger partial charge is 0.264 e. The SMILES string of the molecule is CC/C=c1/c(CCC#N)cc2ccncc2/c1=C/CC. The summed E-state index contributed by atoms with van der Waals surface area (Å²) in [5.41, 5.74) is 1.27. The summed E-state index contributed by atoms with van der Waals surface area (Å²) in [4.78, 5) is 4.26. The van der Waals surface area contributed by atoms with E-state index in [2.05, 4.69) is 43.1 Å². The van der Waals surface area contributed by atoms with Gasteiger partial charge in [-0.1, -0.05) is 32.1 Å². The number of nitrogens with zero attached hydrogens (tertiary/aromatic N) is 2. The molecule has 1 heterocycles. The van der Waals surface area contributed by atoms with Gasteiger partial charge >= 0.3 is 0 Å². The molecule has 20 heavy (non-hydrogen) atoms. The van der Waals surface area contributed by atoms with E-state index in [1.807, 2.05) is 18.5 Å². The van der Waals surface area contributed by atoms with Crippen LogP contribution in [-0.2, 0) is 6.42 Å². The van der Waals surface area contributed by atoms with Gasteiger partial charge in [-0.2, -0.15) is 5.26 Å². The van der Waals surface area contributed by atoms with E-state index in [0.717, 1.165) is 19.3 Å². The molecule has 2 heteroatoms. The number of hydrogen-bond donors (Lipinski definition) is 0. The van der Waals surface area contributed by atoms with Gasteiger partial charge in [0.05, 0.1) is 6.07 Å². The van der Waals surface area contributed by atoms with Crippen molar-refractivity contribution >= 4 is 22.9 Å². The van der Waals surface area contributed by atoms with Crippen LogP contribution < -0.4 is 10.4 Å². The van der Waals surface area contributed by atoms with Crippen molar-refractivity contribution < 1.29 is 0 Å². The first-order chi connectivity index (χ1) is 9.81. The maximum absolute atomic E-state index is 8.86. The molecule has 0 saturated carbocycles. The van der Waals surface area contributed by atoms with E-state index in [4.69, 9.17) is 5.26 Å². The van der Waals surface area contributed by atoms with Crippen molar-refractivity contribution in [2.45, 2.75) is 39.5 Å². The summed E-state index contributed by atoms with van der Waals surface area (Å²) in [5.74, 6) is 0. The van der Waals surface area contributed by atoms with Crippen molar-refractivity contribution in [1.29, 1.82) is 5.26 Å². The molecule has 0 aliphatic heterocycles. The first-order valence-electron chi connectivity index (χ1n) is 7.24. The molecule has 0 unspecified atom stereocenters. The lowest BCUT2D eigenvalue weighted by Crippen LogP contribution is -2.29. The molecule has 0 bridgehead atoms. The van der Waals surface area contributed by atoms with Crippen LogP contribution >= 0.6 is 0 Å². The number of rotatable bonds is 4. The molecular formula is C18H20N2. The summed E-state index contributed by atoms with van der Waals surface area (Å²) in [5, 5.41) is 13.8. The van der Waals surface area contributed by atoms with Crippen LogP contribution in [0.1, 0.15) is 38.7 Å². The molecule has 0 aliphatic carbocycles. The van der Waals surface area contributed by atoms with Crippen molar-refractivity contribution in [3.8, 4) is 6.07 Å². The Bertz CT molecular complexity index is 751. The molecule has 0 spiro atoms. The van der Waals surface area contributed by atoms with E-state index in [-0.39, 0.29) is 0 Å². The van der Waals surface area contributed by atoms with Gasteiger partial charge in [-0.25, -0.2) is 0 Å². The van der Waals surface area contributed by atoms with Gasteiger partial charge in [-0.05, 0) is 46.7 Å². The van der Waals surface area contributed by atoms with Crippen LogP contribution in [0.3, 0.4) is 0 Å². The minimum absolute atomic E-state index is 0.562. The topological polar surface area (TPSA) is 36.7 Å². The van der Waals surface area contributed by atoms with Gasteiger partial charge in [0, 0.05) is 24.2 Å². The van der Waals surface area contributed by atoms with E-state index >= 15 is 0 Å². The van der Waals surface area contributed by atoms with E-state index in [9.17, 15) is 0 Å². The smallest absolute Gasteiger partial charge is 0.0625 e. The molecule has 0 radical (unpaired) electrons. The molecule has 0 amide bonds. The number of nitriles is 1. The predicted molar refractivity (Wildman–Crippen MR) is 84.4 cm³/mol. The summed E-state index contributed by atoms with van der Waals surface area (Å²) >= 11 is 0. The van der Waals surface area contributed by atoms with Gasteiger partial charge in [-0.15, -0.1) is 0 Å². The summed E-state index contributed by atoms with van der Waals surface area (Å²) in [6.45, 7) is 4.30. The molecule has 102 valence electrons. The minimum atomic E-state index is 0.562. The molecular weight excluding hydrogens is 244 g/mol. The van der Waals surface area contributed by atoms with Gasteiger partial charge in [0.15, 0.2) is 0 Å². The van der Waals surface area contributed by atoms with Crippen molar-refractivity contribution in [2.75, 3.05) is 0 Å². The number of aryl methyl sites for hydroxylation is 1. The molecule has 1 aromatic heterocycles. The van der Waals surface area contributed by atoms with Gasteiger partial charge in [0.1, 0.15) is 0 Å². The molecule has 0 N–H and O–H groups in total. The number of pyridine rings is 1. The third kappa shape index (κ3) is 2.88. The molecule has 0 aliphatic rings. The van der Waals surface area contributed by atoms with Gasteiger partial charge < -0.3 is 0 Å². The zero-order valence-electron chi connectivity index (χ0n) is 12.2. The van der Waals surface area contributed by atoms with Crippen molar-refractivity contribution in [1.82, 2.24) is 4.98 Å². The Morgan fingerprint density at radius 2 is 1.95 bits per heavy atom. The normalized spacial score (nSPS) is 12.8. The summed E-state index contributed by atoms with van der Waals surface area (Å²) in [6.07, 6.45) is 11.7. The second-order valence-corrected chi connectivity index (χ2v) is 4.84. The lowest BCUT2D eigenvalue weighted by atomic mass is 9.98. The number of fused-ring (bicyclic) bond motifs is 1. The summed E-state index contributed by atoms with van der Waals surface area (Å²) < 4.78 is 0. The highest BCUT2D eigenvalue weighted by Gasteiger charge is 2.03. The fourth-order valence-corrected chi connectivity index (χ4v) is 2.61. The second kappa shape index (κ2) is 6.86. The lowest BCUT2D eigenvalue weighted by molar-refractivity contribution is 0.998. The Morgan fingerprint density at radius 1 is 1.20 bits per heavy atom. The highest BCUT2D eigenvalue weighted by molar-refractivity contribution is 5.83. The molecule has 2 rings (SSSR count). The highest BCUT2D eigenvalue weighted by Crippen LogP contribution is 2.09. The Hall–Kier alpha value is -2.14. The van der Waals surface area contributed by atoms with Crippen molar-refractivity contribution in [3.05, 3.63) is 40.5 Å². The quantitative estimate of drug-likeness (QED) is 0.851. The molecule has 2 nitrogen and oxygen atoms in total. The van der Waals surface area contributed by atoms with Crippen LogP contribution in [0.25, 0.3) is 22.9 Å². The lowest BCUT2D eigenvalue weighted by Gasteiger charge is -2.06. The zero-order valence-corrected chi connectivity index (χ0v) is 12.2. The molecule has 1 aromatic carbocycles. The Kier molecular flexibility index (Phi) is 4.90. The molecule has 0 fully saturated rings. The average molecular weight is 264 g/mol. The van der Waals surface area contributed by atoms with Crippen LogP contribution in [-0.4, -0.2) is 4.98 Å². The first kappa shape index (κ1) is 14.3. The van der Waals surface area contributed by atoms with Crippen molar-refractivity contribution in [2.24, 2.45) is 0 Å². The fraction of sp³-hybridized carbons (Fsp3) is 0.333. The highest BCUT2D eigenvalue weighted by atomic mass is 14.6. The number of benzene rings is 1. The van der Waals surface area contributed by atoms with Gasteiger partial charge in [0.2, 0.25) is 0 Å². The Labute approximate surface area is 120 Å². The predicted octanol–water partition coefficient (Wildman–Crippen LogP) is 3.07. The minimum Gasteiger partial charge on any atom is -0.264 e. The zero-order chi connectivity index (χ0) is 14.4. The number of hydrogen-bond acceptors (Lipinski definition) is 2. The fourth-order valence-electron chi connectivity index (χ4n) is 2.61. The van der Waals surface area contributed by atoms with Crippen molar-refractivity contribution in [3.63, 3.8) is 0 Å². The molecule has 0 saturated heterocycles. The van der Waals surface area contributed by atoms with Crippen LogP contribution in [0.4, 0.5) is 0 Å². The van der Waals surface area contributed by atoms with Crippen LogP contribution in [0.15, 0.2) is 24.5 Å². The van der Waals surface area contributed by atoms with E-state index in [1.54, 1.807) is 0 Å². The third-order valence-corrected chi connectivity index (χ3v) is 3.43. The Balaban J connectivity index is 2.86.